The molecule has 9 heteroatoms. The van der Waals surface area contributed by atoms with Crippen LogP contribution in [-0.4, -0.2) is 43.0 Å². The summed E-state index contributed by atoms with van der Waals surface area (Å²) in [4.78, 5) is 13.8. The van der Waals surface area contributed by atoms with Crippen molar-refractivity contribution in [3.63, 3.8) is 0 Å². The van der Waals surface area contributed by atoms with Gasteiger partial charge in [-0.15, -0.1) is 0 Å². The van der Waals surface area contributed by atoms with Gasteiger partial charge in [-0.2, -0.15) is 10.4 Å². The topological polar surface area (TPSA) is 112 Å². The molecule has 0 bridgehead atoms. The van der Waals surface area contributed by atoms with Crippen LogP contribution in [-0.2, 0) is 5.54 Å². The van der Waals surface area contributed by atoms with Crippen LogP contribution in [0.25, 0.3) is 22.3 Å². The summed E-state index contributed by atoms with van der Waals surface area (Å²) in [7, 11) is 0. The molecule has 0 spiro atoms. The molecule has 0 aliphatic carbocycles. The zero-order valence-electron chi connectivity index (χ0n) is 13.7. The number of hydrogen-bond acceptors (Lipinski definition) is 7. The van der Waals surface area contributed by atoms with Crippen molar-refractivity contribution in [2.24, 2.45) is 0 Å². The highest BCUT2D eigenvalue weighted by Gasteiger charge is 2.46. The summed E-state index contributed by atoms with van der Waals surface area (Å²) in [5.41, 5.74) is 2.13. The number of rotatable bonds is 4. The van der Waals surface area contributed by atoms with E-state index in [2.05, 4.69) is 36.2 Å². The zero-order chi connectivity index (χ0) is 17.6. The first-order valence-corrected chi connectivity index (χ1v) is 8.15. The lowest BCUT2D eigenvalue weighted by Gasteiger charge is -2.48. The Morgan fingerprint density at radius 2 is 2.23 bits per heavy atom. The summed E-state index contributed by atoms with van der Waals surface area (Å²) in [5, 5.41) is 18.8. The third-order valence-electron chi connectivity index (χ3n) is 4.82. The van der Waals surface area contributed by atoms with Crippen LogP contribution in [0, 0.1) is 11.3 Å². The van der Waals surface area contributed by atoms with Gasteiger partial charge in [-0.3, -0.25) is 4.68 Å². The van der Waals surface area contributed by atoms with E-state index in [-0.39, 0.29) is 5.54 Å². The second kappa shape index (κ2) is 5.42. The number of H-pyrrole nitrogens is 1. The number of aromatic amines is 1. The third-order valence-corrected chi connectivity index (χ3v) is 4.82. The Morgan fingerprint density at radius 1 is 1.31 bits per heavy atom. The van der Waals surface area contributed by atoms with Gasteiger partial charge in [-0.1, -0.05) is 5.16 Å². The van der Waals surface area contributed by atoms with Crippen molar-refractivity contribution in [1.29, 1.82) is 5.26 Å². The van der Waals surface area contributed by atoms with Gasteiger partial charge in [0.25, 0.3) is 0 Å². The minimum atomic E-state index is -0.379. The lowest BCUT2D eigenvalue weighted by molar-refractivity contribution is 0.196. The number of anilines is 1. The molecule has 1 N–H and O–H groups in total. The SMILES string of the molecule is N#CCC1(n2cc(-c3ncnc4[nH]ccc34)cn2)CN(c2ccon2)C1. The summed E-state index contributed by atoms with van der Waals surface area (Å²) >= 11 is 0. The monoisotopic (exact) mass is 346 g/mol. The lowest BCUT2D eigenvalue weighted by Crippen LogP contribution is -2.63. The van der Waals surface area contributed by atoms with Crippen LogP contribution < -0.4 is 4.90 Å². The maximum absolute atomic E-state index is 9.31. The molecule has 0 aromatic carbocycles. The average molecular weight is 346 g/mol. The molecule has 4 aromatic rings. The summed E-state index contributed by atoms with van der Waals surface area (Å²) < 4.78 is 6.78. The maximum Gasteiger partial charge on any atom is 0.172 e. The van der Waals surface area contributed by atoms with Crippen molar-refractivity contribution in [3.05, 3.63) is 43.3 Å². The van der Waals surface area contributed by atoms with Crippen molar-refractivity contribution in [2.75, 3.05) is 18.0 Å². The van der Waals surface area contributed by atoms with E-state index in [0.717, 1.165) is 28.1 Å². The largest absolute Gasteiger partial charge is 0.363 e. The second-order valence-corrected chi connectivity index (χ2v) is 6.41. The Balaban J connectivity index is 1.49. The maximum atomic E-state index is 9.31. The lowest BCUT2D eigenvalue weighted by atomic mass is 9.87. The van der Waals surface area contributed by atoms with E-state index >= 15 is 0 Å². The fourth-order valence-electron chi connectivity index (χ4n) is 3.49. The van der Waals surface area contributed by atoms with Gasteiger partial charge in [0.2, 0.25) is 0 Å². The molecule has 1 fully saturated rings. The average Bonchev–Trinajstić information content (AvgIpc) is 3.38. The van der Waals surface area contributed by atoms with Crippen molar-refractivity contribution in [3.8, 4) is 17.3 Å². The van der Waals surface area contributed by atoms with Crippen LogP contribution in [0.5, 0.6) is 0 Å². The molecule has 128 valence electrons. The minimum absolute atomic E-state index is 0.367. The second-order valence-electron chi connectivity index (χ2n) is 6.41. The molecule has 5 rings (SSSR count). The fraction of sp³-hybridized carbons (Fsp3) is 0.235. The van der Waals surface area contributed by atoms with E-state index in [4.69, 9.17) is 4.52 Å². The highest BCUT2D eigenvalue weighted by atomic mass is 16.5. The van der Waals surface area contributed by atoms with Gasteiger partial charge in [-0.25, -0.2) is 9.97 Å². The van der Waals surface area contributed by atoms with Crippen molar-refractivity contribution in [1.82, 2.24) is 29.9 Å². The summed E-state index contributed by atoms with van der Waals surface area (Å²) in [5.74, 6) is 0.774. The molecule has 4 aromatic heterocycles. The Kier molecular flexibility index (Phi) is 3.05. The van der Waals surface area contributed by atoms with Crippen LogP contribution in [0.1, 0.15) is 6.42 Å². The van der Waals surface area contributed by atoms with E-state index < -0.39 is 0 Å². The van der Waals surface area contributed by atoms with Gasteiger partial charge in [0.1, 0.15) is 23.8 Å². The molecule has 26 heavy (non-hydrogen) atoms. The number of nitrogens with one attached hydrogen (secondary N) is 1. The van der Waals surface area contributed by atoms with Crippen LogP contribution in [0.4, 0.5) is 5.82 Å². The zero-order valence-corrected chi connectivity index (χ0v) is 13.7. The molecule has 0 unspecified atom stereocenters. The van der Waals surface area contributed by atoms with Gasteiger partial charge in [-0.05, 0) is 6.07 Å². The Bertz CT molecular complexity index is 1100. The molecule has 0 amide bonds. The highest BCUT2D eigenvalue weighted by molar-refractivity contribution is 5.90. The molecule has 9 nitrogen and oxygen atoms in total. The number of fused-ring (bicyclic) bond motifs is 1. The van der Waals surface area contributed by atoms with E-state index in [1.165, 1.54) is 6.33 Å². The molecule has 1 aliphatic heterocycles. The van der Waals surface area contributed by atoms with Crippen molar-refractivity contribution in [2.45, 2.75) is 12.0 Å². The Hall–Kier alpha value is -3.67. The van der Waals surface area contributed by atoms with Gasteiger partial charge < -0.3 is 14.4 Å². The molecule has 0 saturated carbocycles. The van der Waals surface area contributed by atoms with Gasteiger partial charge in [0.15, 0.2) is 5.82 Å². The van der Waals surface area contributed by atoms with Crippen LogP contribution in [0.3, 0.4) is 0 Å². The summed E-state index contributed by atoms with van der Waals surface area (Å²) in [6.07, 6.45) is 9.02. The van der Waals surface area contributed by atoms with E-state index in [9.17, 15) is 5.26 Å². The fourth-order valence-corrected chi connectivity index (χ4v) is 3.49. The molecular weight excluding hydrogens is 332 g/mol. The number of nitrogens with zero attached hydrogens (tertiary/aromatic N) is 7. The van der Waals surface area contributed by atoms with Gasteiger partial charge >= 0.3 is 0 Å². The highest BCUT2D eigenvalue weighted by Crippen LogP contribution is 2.36. The Labute approximate surface area is 147 Å². The van der Waals surface area contributed by atoms with Gasteiger partial charge in [0.05, 0.1) is 24.4 Å². The minimum Gasteiger partial charge on any atom is -0.363 e. The predicted octanol–water partition coefficient (Wildman–Crippen LogP) is 1.94. The van der Waals surface area contributed by atoms with Crippen LogP contribution in [0.15, 0.2) is 47.8 Å². The third kappa shape index (κ3) is 2.09. The molecule has 1 aliphatic rings. The van der Waals surface area contributed by atoms with Crippen molar-refractivity contribution >= 4 is 16.9 Å². The molecule has 1 saturated heterocycles. The number of nitriles is 1. The molecule has 5 heterocycles. The number of hydrogen-bond donors (Lipinski definition) is 1. The van der Waals surface area contributed by atoms with Crippen LogP contribution >= 0.6 is 0 Å². The number of aromatic nitrogens is 6. The van der Waals surface area contributed by atoms with E-state index in [0.29, 0.717) is 19.5 Å². The summed E-state index contributed by atoms with van der Waals surface area (Å²) in [6.45, 7) is 1.30. The standard InChI is InChI=1S/C17H14N8O/c18-4-3-17(9-24(10-17)14-2-6-26-23-14)25-8-12(7-22-25)15-13-1-5-19-16(13)21-11-20-15/h1-2,5-8,11H,3,9-10H2,(H,19,20,21). The normalized spacial score (nSPS) is 15.7. The van der Waals surface area contributed by atoms with Gasteiger partial charge in [0, 0.05) is 42.5 Å². The molecular formula is C17H14N8O. The first-order chi connectivity index (χ1) is 12.8. The molecule has 0 radical (unpaired) electrons. The van der Waals surface area contributed by atoms with Crippen molar-refractivity contribution < 1.29 is 4.52 Å². The summed E-state index contributed by atoms with van der Waals surface area (Å²) in [6, 6.07) is 6.05. The first kappa shape index (κ1) is 14.7. The van der Waals surface area contributed by atoms with Crippen LogP contribution in [0.2, 0.25) is 0 Å². The predicted molar refractivity (Wildman–Crippen MR) is 92.0 cm³/mol. The van der Waals surface area contributed by atoms with E-state index in [1.54, 1.807) is 12.5 Å². The first-order valence-electron chi connectivity index (χ1n) is 8.15. The smallest absolute Gasteiger partial charge is 0.172 e. The van der Waals surface area contributed by atoms with E-state index in [1.807, 2.05) is 29.2 Å². The molecule has 0 atom stereocenters. The quantitative estimate of drug-likeness (QED) is 0.601. The Morgan fingerprint density at radius 3 is 3.04 bits per heavy atom.